The van der Waals surface area contributed by atoms with Gasteiger partial charge in [-0.3, -0.25) is 4.98 Å². The predicted molar refractivity (Wildman–Crippen MR) is 74.1 cm³/mol. The van der Waals surface area contributed by atoms with Gasteiger partial charge in [-0.1, -0.05) is 0 Å². The molecule has 2 saturated heterocycles. The van der Waals surface area contributed by atoms with Crippen LogP contribution in [-0.2, 0) is 0 Å². The molecule has 1 spiro atoms. The molecule has 0 unspecified atom stereocenters. The lowest BCUT2D eigenvalue weighted by atomic mass is 9.72. The third-order valence-electron chi connectivity index (χ3n) is 4.43. The largest absolute Gasteiger partial charge is 0.355 e. The fourth-order valence-corrected chi connectivity index (χ4v) is 3.33. The molecule has 2 aromatic rings. The van der Waals surface area contributed by atoms with E-state index in [2.05, 4.69) is 25.2 Å². The summed E-state index contributed by atoms with van der Waals surface area (Å²) < 4.78 is 0. The van der Waals surface area contributed by atoms with Gasteiger partial charge in [0.2, 0.25) is 0 Å². The number of nitrogens with one attached hydrogen (secondary N) is 1. The number of hydrogen-bond acceptors (Lipinski definition) is 5. The van der Waals surface area contributed by atoms with Crippen molar-refractivity contribution in [2.24, 2.45) is 5.41 Å². The van der Waals surface area contributed by atoms with E-state index in [-0.39, 0.29) is 0 Å². The molecule has 0 amide bonds. The lowest BCUT2D eigenvalue weighted by molar-refractivity contribution is 0.149. The van der Waals surface area contributed by atoms with Gasteiger partial charge in [-0.25, -0.2) is 9.97 Å². The van der Waals surface area contributed by atoms with Gasteiger partial charge in [0.25, 0.3) is 0 Å². The first kappa shape index (κ1) is 11.1. The van der Waals surface area contributed by atoms with E-state index in [1.807, 2.05) is 12.3 Å². The topological polar surface area (TPSA) is 53.9 Å². The van der Waals surface area contributed by atoms with Crippen molar-refractivity contribution in [1.29, 1.82) is 0 Å². The Bertz CT molecular complexity index is 592. The first-order valence-electron chi connectivity index (χ1n) is 6.87. The van der Waals surface area contributed by atoms with Crippen molar-refractivity contribution < 1.29 is 0 Å². The number of piperidine rings is 1. The number of rotatable bonds is 1. The highest BCUT2D eigenvalue weighted by molar-refractivity contribution is 5.88. The minimum Gasteiger partial charge on any atom is -0.355 e. The maximum atomic E-state index is 4.47. The lowest BCUT2D eigenvalue weighted by Gasteiger charge is -2.53. The summed E-state index contributed by atoms with van der Waals surface area (Å²) in [6, 6.07) is 1.95. The third kappa shape index (κ3) is 1.76. The maximum Gasteiger partial charge on any atom is 0.141 e. The first-order valence-corrected chi connectivity index (χ1v) is 6.87. The molecule has 0 aromatic carbocycles. The summed E-state index contributed by atoms with van der Waals surface area (Å²) in [6.45, 7) is 4.55. The molecule has 0 bridgehead atoms. The van der Waals surface area contributed by atoms with Crippen LogP contribution < -0.4 is 10.2 Å². The monoisotopic (exact) mass is 255 g/mol. The first-order chi connectivity index (χ1) is 9.36. The van der Waals surface area contributed by atoms with E-state index >= 15 is 0 Å². The van der Waals surface area contributed by atoms with Gasteiger partial charge in [0, 0.05) is 30.9 Å². The van der Waals surface area contributed by atoms with Crippen molar-refractivity contribution in [3.8, 4) is 0 Å². The van der Waals surface area contributed by atoms with E-state index < -0.39 is 0 Å². The highest BCUT2D eigenvalue weighted by atomic mass is 15.3. The van der Waals surface area contributed by atoms with Crippen LogP contribution in [0.3, 0.4) is 0 Å². The number of pyridine rings is 1. The zero-order chi connectivity index (χ0) is 12.7. The molecule has 0 saturated carbocycles. The van der Waals surface area contributed by atoms with Crippen LogP contribution in [0, 0.1) is 5.41 Å². The molecule has 0 atom stereocenters. The maximum absolute atomic E-state index is 4.47. The normalized spacial score (nSPS) is 21.6. The molecular weight excluding hydrogens is 238 g/mol. The predicted octanol–water partition coefficient (Wildman–Crippen LogP) is 1.21. The summed E-state index contributed by atoms with van der Waals surface area (Å²) in [5, 5.41) is 4.50. The highest BCUT2D eigenvalue weighted by Gasteiger charge is 2.44. The van der Waals surface area contributed by atoms with Crippen LogP contribution in [0.1, 0.15) is 12.8 Å². The number of anilines is 1. The van der Waals surface area contributed by atoms with E-state index in [1.165, 1.54) is 12.8 Å². The minimum atomic E-state index is 0.519. The van der Waals surface area contributed by atoms with E-state index in [4.69, 9.17) is 0 Å². The zero-order valence-corrected chi connectivity index (χ0v) is 10.8. The molecule has 1 N–H and O–H groups in total. The van der Waals surface area contributed by atoms with E-state index in [0.717, 1.165) is 42.9 Å². The Balaban J connectivity index is 1.63. The van der Waals surface area contributed by atoms with Crippen molar-refractivity contribution in [2.45, 2.75) is 12.8 Å². The average Bonchev–Trinajstić information content (AvgIpc) is 2.45. The van der Waals surface area contributed by atoms with E-state index in [9.17, 15) is 0 Å². The van der Waals surface area contributed by atoms with E-state index in [1.54, 1.807) is 12.5 Å². The molecule has 0 aliphatic carbocycles. The SMILES string of the molecule is c1cc2ncnc(N3CC4(CCNCC4)C3)c2cn1. The summed E-state index contributed by atoms with van der Waals surface area (Å²) in [5.74, 6) is 1.04. The number of nitrogens with zero attached hydrogens (tertiary/aromatic N) is 4. The molecule has 4 heterocycles. The van der Waals surface area contributed by atoms with Crippen LogP contribution in [0.15, 0.2) is 24.8 Å². The third-order valence-corrected chi connectivity index (χ3v) is 4.43. The lowest BCUT2D eigenvalue weighted by Crippen LogP contribution is -2.60. The highest BCUT2D eigenvalue weighted by Crippen LogP contribution is 2.41. The summed E-state index contributed by atoms with van der Waals surface area (Å²) in [5.41, 5.74) is 1.50. The standard InChI is InChI=1S/C14H17N5/c1-4-16-7-11-12(1)17-10-18-13(11)19-8-14(9-19)2-5-15-6-3-14/h1,4,7,10,15H,2-3,5-6,8-9H2. The Kier molecular flexibility index (Phi) is 2.41. The molecule has 4 rings (SSSR count). The summed E-state index contributed by atoms with van der Waals surface area (Å²) >= 11 is 0. The minimum absolute atomic E-state index is 0.519. The fourth-order valence-electron chi connectivity index (χ4n) is 3.33. The molecule has 2 fully saturated rings. The van der Waals surface area contributed by atoms with Crippen molar-refractivity contribution in [2.75, 3.05) is 31.1 Å². The second-order valence-electron chi connectivity index (χ2n) is 5.70. The van der Waals surface area contributed by atoms with Crippen LogP contribution in [0.25, 0.3) is 10.9 Å². The number of fused-ring (bicyclic) bond motifs is 1. The van der Waals surface area contributed by atoms with Gasteiger partial charge in [0.15, 0.2) is 0 Å². The fraction of sp³-hybridized carbons (Fsp3) is 0.500. The smallest absolute Gasteiger partial charge is 0.141 e. The summed E-state index contributed by atoms with van der Waals surface area (Å²) in [6.07, 6.45) is 7.88. The number of hydrogen-bond donors (Lipinski definition) is 1. The average molecular weight is 255 g/mol. The summed E-state index contributed by atoms with van der Waals surface area (Å²) in [7, 11) is 0. The van der Waals surface area contributed by atoms with Crippen LogP contribution in [-0.4, -0.2) is 41.1 Å². The Morgan fingerprint density at radius 2 is 2.00 bits per heavy atom. The molecule has 2 aliphatic heterocycles. The second-order valence-corrected chi connectivity index (χ2v) is 5.70. The van der Waals surface area contributed by atoms with Gasteiger partial charge >= 0.3 is 0 Å². The van der Waals surface area contributed by atoms with Crippen molar-refractivity contribution in [3.05, 3.63) is 24.8 Å². The second kappa shape index (κ2) is 4.13. The van der Waals surface area contributed by atoms with E-state index in [0.29, 0.717) is 5.41 Å². The van der Waals surface area contributed by atoms with Gasteiger partial charge in [-0.05, 0) is 32.0 Å². The Hall–Kier alpha value is -1.75. The van der Waals surface area contributed by atoms with Crippen LogP contribution in [0.2, 0.25) is 0 Å². The van der Waals surface area contributed by atoms with Crippen LogP contribution >= 0.6 is 0 Å². The molecular formula is C14H17N5. The van der Waals surface area contributed by atoms with Gasteiger partial charge in [-0.15, -0.1) is 0 Å². The van der Waals surface area contributed by atoms with Crippen molar-refractivity contribution in [3.63, 3.8) is 0 Å². The molecule has 5 heteroatoms. The summed E-state index contributed by atoms with van der Waals surface area (Å²) in [4.78, 5) is 15.3. The molecule has 19 heavy (non-hydrogen) atoms. The van der Waals surface area contributed by atoms with Crippen molar-refractivity contribution >= 4 is 16.7 Å². The molecule has 2 aromatic heterocycles. The Labute approximate surface area is 112 Å². The number of aromatic nitrogens is 3. The van der Waals surface area contributed by atoms with Crippen LogP contribution in [0.4, 0.5) is 5.82 Å². The Morgan fingerprint density at radius 1 is 1.16 bits per heavy atom. The molecule has 98 valence electrons. The van der Waals surface area contributed by atoms with Gasteiger partial charge in [0.05, 0.1) is 10.9 Å². The van der Waals surface area contributed by atoms with Crippen molar-refractivity contribution in [1.82, 2.24) is 20.3 Å². The molecule has 2 aliphatic rings. The Morgan fingerprint density at radius 3 is 2.84 bits per heavy atom. The molecule has 5 nitrogen and oxygen atoms in total. The van der Waals surface area contributed by atoms with Crippen LogP contribution in [0.5, 0.6) is 0 Å². The molecule has 0 radical (unpaired) electrons. The quantitative estimate of drug-likeness (QED) is 0.830. The zero-order valence-electron chi connectivity index (χ0n) is 10.8. The van der Waals surface area contributed by atoms with Gasteiger partial charge < -0.3 is 10.2 Å². The van der Waals surface area contributed by atoms with Gasteiger partial charge in [-0.2, -0.15) is 0 Å². The van der Waals surface area contributed by atoms with Gasteiger partial charge in [0.1, 0.15) is 12.1 Å².